The molecule has 0 heterocycles. The molecule has 0 saturated heterocycles. The molecule has 1 aromatic carbocycles. The number of alkyl halides is 3. The SMILES string of the molecule is OC1(c2cc(Cl)cc(C(F)(F)F)c2)CCC1. The highest BCUT2D eigenvalue weighted by atomic mass is 35.5. The first kappa shape index (κ1) is 11.7. The molecule has 1 aliphatic rings. The van der Waals surface area contributed by atoms with Crippen LogP contribution in [0.2, 0.25) is 5.02 Å². The Hall–Kier alpha value is -0.740. The molecule has 0 atom stereocenters. The maximum absolute atomic E-state index is 12.5. The molecule has 1 aromatic rings. The molecule has 1 aliphatic carbocycles. The third-order valence-electron chi connectivity index (χ3n) is 2.94. The summed E-state index contributed by atoms with van der Waals surface area (Å²) in [5, 5.41) is 9.97. The van der Waals surface area contributed by atoms with Crippen LogP contribution in [0, 0.1) is 0 Å². The summed E-state index contributed by atoms with van der Waals surface area (Å²) in [6, 6.07) is 3.24. The Morgan fingerprint density at radius 1 is 1.19 bits per heavy atom. The minimum Gasteiger partial charge on any atom is -0.385 e. The molecule has 2 rings (SSSR count). The van der Waals surface area contributed by atoms with E-state index in [0.29, 0.717) is 12.8 Å². The topological polar surface area (TPSA) is 20.2 Å². The van der Waals surface area contributed by atoms with E-state index in [4.69, 9.17) is 11.6 Å². The summed E-state index contributed by atoms with van der Waals surface area (Å²) in [5.41, 5.74) is -1.67. The molecule has 88 valence electrons. The summed E-state index contributed by atoms with van der Waals surface area (Å²) in [6.45, 7) is 0. The summed E-state index contributed by atoms with van der Waals surface area (Å²) in [4.78, 5) is 0. The van der Waals surface area contributed by atoms with Crippen molar-refractivity contribution in [2.75, 3.05) is 0 Å². The molecule has 0 aromatic heterocycles. The van der Waals surface area contributed by atoms with Crippen molar-refractivity contribution in [3.05, 3.63) is 34.3 Å². The van der Waals surface area contributed by atoms with Crippen LogP contribution in [0.15, 0.2) is 18.2 Å². The molecule has 1 nitrogen and oxygen atoms in total. The molecule has 0 amide bonds. The average molecular weight is 251 g/mol. The van der Waals surface area contributed by atoms with Gasteiger partial charge in [0.1, 0.15) is 0 Å². The highest BCUT2D eigenvalue weighted by Crippen LogP contribution is 2.43. The van der Waals surface area contributed by atoms with Gasteiger partial charge in [-0.05, 0) is 43.0 Å². The highest BCUT2D eigenvalue weighted by molar-refractivity contribution is 6.30. The summed E-state index contributed by atoms with van der Waals surface area (Å²) >= 11 is 5.63. The number of benzene rings is 1. The minimum atomic E-state index is -4.43. The third kappa shape index (κ3) is 2.04. The molecule has 0 aliphatic heterocycles. The van der Waals surface area contributed by atoms with Crippen LogP contribution < -0.4 is 0 Å². The lowest BCUT2D eigenvalue weighted by Gasteiger charge is -2.37. The van der Waals surface area contributed by atoms with Gasteiger partial charge in [0.05, 0.1) is 11.2 Å². The van der Waals surface area contributed by atoms with Gasteiger partial charge in [-0.15, -0.1) is 0 Å². The fourth-order valence-corrected chi connectivity index (χ4v) is 2.06. The number of aliphatic hydroxyl groups is 1. The Morgan fingerprint density at radius 3 is 2.25 bits per heavy atom. The predicted molar refractivity (Wildman–Crippen MR) is 54.2 cm³/mol. The van der Waals surface area contributed by atoms with E-state index in [1.807, 2.05) is 0 Å². The first-order valence-electron chi connectivity index (χ1n) is 4.92. The van der Waals surface area contributed by atoms with Crippen molar-refractivity contribution in [1.82, 2.24) is 0 Å². The van der Waals surface area contributed by atoms with Crippen molar-refractivity contribution in [2.24, 2.45) is 0 Å². The number of hydrogen-bond donors (Lipinski definition) is 1. The first-order valence-corrected chi connectivity index (χ1v) is 5.30. The van der Waals surface area contributed by atoms with E-state index < -0.39 is 17.3 Å². The summed E-state index contributed by atoms with van der Waals surface area (Å²) in [5.74, 6) is 0. The van der Waals surface area contributed by atoms with Gasteiger partial charge in [-0.3, -0.25) is 0 Å². The Bertz CT molecular complexity index is 410. The van der Waals surface area contributed by atoms with Gasteiger partial charge < -0.3 is 5.11 Å². The Labute approximate surface area is 95.8 Å². The third-order valence-corrected chi connectivity index (χ3v) is 3.16. The molecule has 0 unspecified atom stereocenters. The monoisotopic (exact) mass is 250 g/mol. The molecule has 0 spiro atoms. The fraction of sp³-hybridized carbons (Fsp3) is 0.455. The van der Waals surface area contributed by atoms with E-state index in [2.05, 4.69) is 0 Å². The zero-order valence-corrected chi connectivity index (χ0v) is 9.07. The maximum atomic E-state index is 12.5. The zero-order chi connectivity index (χ0) is 12.0. The van der Waals surface area contributed by atoms with Crippen LogP contribution >= 0.6 is 11.6 Å². The van der Waals surface area contributed by atoms with Crippen molar-refractivity contribution in [3.63, 3.8) is 0 Å². The number of hydrogen-bond acceptors (Lipinski definition) is 1. The van der Waals surface area contributed by atoms with E-state index in [9.17, 15) is 18.3 Å². The van der Waals surface area contributed by atoms with Crippen molar-refractivity contribution in [1.29, 1.82) is 0 Å². The van der Waals surface area contributed by atoms with Crippen molar-refractivity contribution >= 4 is 11.6 Å². The summed E-state index contributed by atoms with van der Waals surface area (Å²) in [7, 11) is 0. The fourth-order valence-electron chi connectivity index (χ4n) is 1.82. The van der Waals surface area contributed by atoms with Crippen LogP contribution in [0.5, 0.6) is 0 Å². The standard InChI is InChI=1S/C11H10ClF3O/c12-9-5-7(10(16)2-1-3-10)4-8(6-9)11(13,14)15/h4-6,16H,1-3H2. The second-order valence-electron chi connectivity index (χ2n) is 4.11. The lowest BCUT2D eigenvalue weighted by atomic mass is 9.75. The second kappa shape index (κ2) is 3.64. The molecule has 5 heteroatoms. The lowest BCUT2D eigenvalue weighted by Crippen LogP contribution is -2.33. The van der Waals surface area contributed by atoms with Gasteiger partial charge in [-0.25, -0.2) is 0 Å². The van der Waals surface area contributed by atoms with E-state index in [0.717, 1.165) is 18.6 Å². The van der Waals surface area contributed by atoms with Gasteiger partial charge in [0, 0.05) is 5.02 Å². The van der Waals surface area contributed by atoms with Crippen molar-refractivity contribution in [3.8, 4) is 0 Å². The van der Waals surface area contributed by atoms with Gasteiger partial charge in [-0.2, -0.15) is 13.2 Å². The van der Waals surface area contributed by atoms with Crippen LogP contribution in [0.4, 0.5) is 13.2 Å². The number of rotatable bonds is 1. The molecule has 16 heavy (non-hydrogen) atoms. The van der Waals surface area contributed by atoms with Crippen molar-refractivity contribution < 1.29 is 18.3 Å². The summed E-state index contributed by atoms with van der Waals surface area (Å²) < 4.78 is 37.6. The lowest BCUT2D eigenvalue weighted by molar-refractivity contribution is -0.137. The van der Waals surface area contributed by atoms with Crippen LogP contribution in [0.25, 0.3) is 0 Å². The molecule has 0 bridgehead atoms. The zero-order valence-electron chi connectivity index (χ0n) is 8.31. The quantitative estimate of drug-likeness (QED) is 0.805. The summed E-state index contributed by atoms with van der Waals surface area (Å²) in [6.07, 6.45) is -2.63. The van der Waals surface area contributed by atoms with E-state index in [1.54, 1.807) is 0 Å². The average Bonchev–Trinajstić information content (AvgIpc) is 2.11. The molecule has 1 N–H and O–H groups in total. The minimum absolute atomic E-state index is 0.00477. The van der Waals surface area contributed by atoms with Crippen LogP contribution in [-0.2, 0) is 11.8 Å². The van der Waals surface area contributed by atoms with E-state index >= 15 is 0 Å². The smallest absolute Gasteiger partial charge is 0.385 e. The molecular weight excluding hydrogens is 241 g/mol. The molecule has 1 saturated carbocycles. The largest absolute Gasteiger partial charge is 0.416 e. The predicted octanol–water partition coefficient (Wildman–Crippen LogP) is 3.73. The van der Waals surface area contributed by atoms with Gasteiger partial charge in [0.25, 0.3) is 0 Å². The van der Waals surface area contributed by atoms with Gasteiger partial charge >= 0.3 is 6.18 Å². The Balaban J connectivity index is 2.44. The van der Waals surface area contributed by atoms with Crippen molar-refractivity contribution in [2.45, 2.75) is 31.0 Å². The van der Waals surface area contributed by atoms with E-state index in [-0.39, 0.29) is 10.6 Å². The second-order valence-corrected chi connectivity index (χ2v) is 4.55. The first-order chi connectivity index (χ1) is 7.31. The molecule has 1 fully saturated rings. The Kier molecular flexibility index (Phi) is 2.67. The molecular formula is C11H10ClF3O. The van der Waals surface area contributed by atoms with Gasteiger partial charge in [0.2, 0.25) is 0 Å². The highest BCUT2D eigenvalue weighted by Gasteiger charge is 2.39. The van der Waals surface area contributed by atoms with Gasteiger partial charge in [-0.1, -0.05) is 11.6 Å². The van der Waals surface area contributed by atoms with Gasteiger partial charge in [0.15, 0.2) is 0 Å². The van der Waals surface area contributed by atoms with Crippen LogP contribution in [-0.4, -0.2) is 5.11 Å². The van der Waals surface area contributed by atoms with Crippen LogP contribution in [0.1, 0.15) is 30.4 Å². The van der Waals surface area contributed by atoms with E-state index in [1.165, 1.54) is 6.07 Å². The maximum Gasteiger partial charge on any atom is 0.416 e. The normalized spacial score (nSPS) is 19.3. The number of halogens is 4. The Morgan fingerprint density at radius 2 is 1.81 bits per heavy atom. The molecule has 0 radical (unpaired) electrons. The van der Waals surface area contributed by atoms with Crippen LogP contribution in [0.3, 0.4) is 0 Å².